The Morgan fingerprint density at radius 3 is 2.60 bits per heavy atom. The van der Waals surface area contributed by atoms with E-state index in [0.717, 1.165) is 0 Å². The van der Waals surface area contributed by atoms with Gasteiger partial charge in [0, 0.05) is 18.0 Å². The molecule has 0 saturated heterocycles. The molecule has 2 aromatic heterocycles. The van der Waals surface area contributed by atoms with E-state index in [9.17, 15) is 18.0 Å². The second kappa shape index (κ2) is 7.62. The maximum absolute atomic E-state index is 12.4. The quantitative estimate of drug-likeness (QED) is 0.762. The molecule has 0 aliphatic heterocycles. The van der Waals surface area contributed by atoms with E-state index in [0.29, 0.717) is 25.1 Å². The molecule has 9 heteroatoms. The van der Waals surface area contributed by atoms with Gasteiger partial charge in [-0.05, 0) is 25.0 Å². The van der Waals surface area contributed by atoms with Crippen LogP contribution in [0.15, 0.2) is 28.9 Å². The maximum atomic E-state index is 12.4. The Morgan fingerprint density at radius 1 is 1.24 bits per heavy atom. The normalized spacial score (nSPS) is 12.2. The summed E-state index contributed by atoms with van der Waals surface area (Å²) >= 11 is 0. The van der Waals surface area contributed by atoms with Gasteiger partial charge in [0.15, 0.2) is 5.82 Å². The van der Waals surface area contributed by atoms with E-state index in [-0.39, 0.29) is 18.2 Å². The van der Waals surface area contributed by atoms with Gasteiger partial charge in [-0.2, -0.15) is 18.2 Å². The fraction of sp³-hybridized carbons (Fsp3) is 0.500. The second-order valence-corrected chi connectivity index (χ2v) is 6.27. The van der Waals surface area contributed by atoms with Crippen LogP contribution in [0.2, 0.25) is 0 Å². The third-order valence-corrected chi connectivity index (χ3v) is 3.68. The molecule has 0 fully saturated rings. The van der Waals surface area contributed by atoms with Gasteiger partial charge in [-0.25, -0.2) is 4.98 Å². The van der Waals surface area contributed by atoms with Gasteiger partial charge in [0.05, 0.1) is 0 Å². The molecule has 0 radical (unpaired) electrons. The highest BCUT2D eigenvalue weighted by atomic mass is 19.4. The fourth-order valence-electron chi connectivity index (χ4n) is 2.16. The number of hydrogen-bond donors (Lipinski definition) is 1. The van der Waals surface area contributed by atoms with Gasteiger partial charge in [-0.15, -0.1) is 0 Å². The van der Waals surface area contributed by atoms with Crippen molar-refractivity contribution in [1.82, 2.24) is 15.1 Å². The zero-order chi connectivity index (χ0) is 18.5. The molecule has 136 valence electrons. The summed E-state index contributed by atoms with van der Waals surface area (Å²) in [6.45, 7) is 3.61. The summed E-state index contributed by atoms with van der Waals surface area (Å²) in [5.74, 6) is -1.00. The summed E-state index contributed by atoms with van der Waals surface area (Å²) < 4.78 is 41.3. The van der Waals surface area contributed by atoms with Crippen molar-refractivity contribution in [3.63, 3.8) is 0 Å². The van der Waals surface area contributed by atoms with Crippen LogP contribution in [0, 0.1) is 5.41 Å². The Hall–Kier alpha value is -2.45. The molecule has 0 aliphatic rings. The number of halogens is 3. The van der Waals surface area contributed by atoms with Crippen molar-refractivity contribution in [2.75, 3.05) is 5.32 Å². The first-order valence-electron chi connectivity index (χ1n) is 7.81. The Labute approximate surface area is 142 Å². The number of unbranched alkanes of at least 4 members (excludes halogenated alkanes) is 1. The zero-order valence-electron chi connectivity index (χ0n) is 13.9. The number of pyridine rings is 1. The number of amides is 1. The lowest BCUT2D eigenvalue weighted by atomic mass is 9.86. The van der Waals surface area contributed by atoms with Gasteiger partial charge in [0.1, 0.15) is 5.82 Å². The first kappa shape index (κ1) is 18.9. The average Bonchev–Trinajstić information content (AvgIpc) is 3.02. The molecule has 6 nitrogen and oxygen atoms in total. The molecule has 0 unspecified atom stereocenters. The third-order valence-electron chi connectivity index (χ3n) is 3.68. The van der Waals surface area contributed by atoms with Crippen LogP contribution in [0.5, 0.6) is 0 Å². The highest BCUT2D eigenvalue weighted by Crippen LogP contribution is 2.28. The summed E-state index contributed by atoms with van der Waals surface area (Å²) in [4.78, 5) is 19.7. The SMILES string of the molecule is CC(C)(CCCCc1noc(C(F)(F)F)n1)C(=O)Nc1ccccn1. The number of aromatic nitrogens is 3. The average molecular weight is 356 g/mol. The van der Waals surface area contributed by atoms with Crippen molar-refractivity contribution in [2.24, 2.45) is 5.41 Å². The molecule has 0 saturated carbocycles. The lowest BCUT2D eigenvalue weighted by Crippen LogP contribution is -2.31. The standard InChI is InChI=1S/C16H19F3N4O2/c1-15(2,13(24)21-11-7-4-6-10-20-11)9-5-3-8-12-22-14(25-23-12)16(17,18)19/h4,6-7,10H,3,5,8-9H2,1-2H3,(H,20,21,24). The highest BCUT2D eigenvalue weighted by molar-refractivity contribution is 5.93. The van der Waals surface area contributed by atoms with Crippen LogP contribution in [0.4, 0.5) is 19.0 Å². The van der Waals surface area contributed by atoms with Gasteiger partial charge < -0.3 is 9.84 Å². The van der Waals surface area contributed by atoms with Gasteiger partial charge in [-0.1, -0.05) is 31.5 Å². The third kappa shape index (κ3) is 5.54. The molecule has 0 spiro atoms. The summed E-state index contributed by atoms with van der Waals surface area (Å²) in [5, 5.41) is 6.06. The molecule has 0 bridgehead atoms. The number of nitrogens with one attached hydrogen (secondary N) is 1. The molecule has 0 atom stereocenters. The minimum absolute atomic E-state index is 0.0167. The van der Waals surface area contributed by atoms with Crippen molar-refractivity contribution in [2.45, 2.75) is 45.7 Å². The Balaban J connectivity index is 1.78. The molecular weight excluding hydrogens is 337 g/mol. The van der Waals surface area contributed by atoms with Crippen LogP contribution in [0.25, 0.3) is 0 Å². The Kier molecular flexibility index (Phi) is 5.76. The topological polar surface area (TPSA) is 80.9 Å². The van der Waals surface area contributed by atoms with Crippen LogP contribution in [-0.4, -0.2) is 21.0 Å². The highest BCUT2D eigenvalue weighted by Gasteiger charge is 2.38. The number of rotatable bonds is 7. The van der Waals surface area contributed by atoms with Crippen LogP contribution in [0.3, 0.4) is 0 Å². The molecule has 1 amide bonds. The lowest BCUT2D eigenvalue weighted by molar-refractivity contribution is -0.159. The van der Waals surface area contributed by atoms with E-state index < -0.39 is 17.5 Å². The fourth-order valence-corrected chi connectivity index (χ4v) is 2.16. The van der Waals surface area contributed by atoms with Crippen LogP contribution in [0.1, 0.15) is 44.8 Å². The summed E-state index contributed by atoms with van der Waals surface area (Å²) in [6.07, 6.45) is -1.03. The van der Waals surface area contributed by atoms with E-state index in [1.54, 1.807) is 38.2 Å². The first-order chi connectivity index (χ1) is 11.7. The molecule has 2 aromatic rings. The number of carbonyl (C=O) groups excluding carboxylic acids is 1. The summed E-state index contributed by atoms with van der Waals surface area (Å²) in [7, 11) is 0. The molecule has 0 aromatic carbocycles. The van der Waals surface area contributed by atoms with Crippen LogP contribution >= 0.6 is 0 Å². The monoisotopic (exact) mass is 356 g/mol. The molecule has 0 aliphatic carbocycles. The summed E-state index contributed by atoms with van der Waals surface area (Å²) in [5.41, 5.74) is -0.633. The van der Waals surface area contributed by atoms with E-state index in [1.165, 1.54) is 0 Å². The van der Waals surface area contributed by atoms with Crippen LogP contribution < -0.4 is 5.32 Å². The lowest BCUT2D eigenvalue weighted by Gasteiger charge is -2.23. The van der Waals surface area contributed by atoms with E-state index in [4.69, 9.17) is 0 Å². The zero-order valence-corrected chi connectivity index (χ0v) is 13.9. The van der Waals surface area contributed by atoms with Crippen LogP contribution in [-0.2, 0) is 17.4 Å². The molecule has 25 heavy (non-hydrogen) atoms. The largest absolute Gasteiger partial charge is 0.471 e. The molecular formula is C16H19F3N4O2. The number of nitrogens with zero attached hydrogens (tertiary/aromatic N) is 3. The van der Waals surface area contributed by atoms with Crippen molar-refractivity contribution >= 4 is 11.7 Å². The molecule has 1 N–H and O–H groups in total. The predicted molar refractivity (Wildman–Crippen MR) is 83.5 cm³/mol. The van der Waals surface area contributed by atoms with E-state index in [2.05, 4.69) is 25.0 Å². The van der Waals surface area contributed by atoms with Gasteiger partial charge in [0.2, 0.25) is 5.91 Å². The summed E-state index contributed by atoms with van der Waals surface area (Å²) in [6, 6.07) is 5.22. The minimum Gasteiger partial charge on any atom is -0.329 e. The molecule has 2 heterocycles. The maximum Gasteiger partial charge on any atom is 0.471 e. The number of alkyl halides is 3. The van der Waals surface area contributed by atoms with Gasteiger partial charge >= 0.3 is 12.1 Å². The van der Waals surface area contributed by atoms with Crippen molar-refractivity contribution < 1.29 is 22.5 Å². The van der Waals surface area contributed by atoms with Crippen molar-refractivity contribution in [1.29, 1.82) is 0 Å². The number of hydrogen-bond acceptors (Lipinski definition) is 5. The minimum atomic E-state index is -4.63. The van der Waals surface area contributed by atoms with Crippen molar-refractivity contribution in [3.05, 3.63) is 36.1 Å². The van der Waals surface area contributed by atoms with Gasteiger partial charge in [-0.3, -0.25) is 4.79 Å². The van der Waals surface area contributed by atoms with E-state index in [1.807, 2.05) is 0 Å². The van der Waals surface area contributed by atoms with Crippen molar-refractivity contribution in [3.8, 4) is 0 Å². The smallest absolute Gasteiger partial charge is 0.329 e. The number of anilines is 1. The molecule has 2 rings (SSSR count). The Morgan fingerprint density at radius 2 is 2.00 bits per heavy atom. The number of carbonyl (C=O) groups is 1. The first-order valence-corrected chi connectivity index (χ1v) is 7.81. The Bertz CT molecular complexity index is 699. The van der Waals surface area contributed by atoms with E-state index >= 15 is 0 Å². The predicted octanol–water partition coefficient (Wildman–Crippen LogP) is 3.86. The van der Waals surface area contributed by atoms with Gasteiger partial charge in [0.25, 0.3) is 0 Å². The second-order valence-electron chi connectivity index (χ2n) is 6.27. The number of aryl methyl sites for hydroxylation is 1.